The summed E-state index contributed by atoms with van der Waals surface area (Å²) in [5.74, 6) is 1.63. The van der Waals surface area contributed by atoms with Crippen molar-refractivity contribution in [1.29, 1.82) is 0 Å². The zero-order valence-electron chi connectivity index (χ0n) is 15.6. The van der Waals surface area contributed by atoms with E-state index in [0.717, 1.165) is 28.3 Å². The smallest absolute Gasteiger partial charge is 0.231 e. The van der Waals surface area contributed by atoms with Gasteiger partial charge in [-0.1, -0.05) is 60.7 Å². The minimum absolute atomic E-state index is 0.328. The third-order valence-electron chi connectivity index (χ3n) is 3.71. The maximum Gasteiger partial charge on any atom is 0.231 e. The van der Waals surface area contributed by atoms with E-state index in [1.54, 1.807) is 7.05 Å². The van der Waals surface area contributed by atoms with Crippen LogP contribution in [0.3, 0.4) is 0 Å². The van der Waals surface area contributed by atoms with Crippen LogP contribution in [0.2, 0.25) is 0 Å². The van der Waals surface area contributed by atoms with Crippen LogP contribution in [0.25, 0.3) is 11.6 Å². The lowest BCUT2D eigenvalue weighted by Crippen LogP contribution is -1.92. The molecule has 3 heteroatoms. The van der Waals surface area contributed by atoms with Crippen molar-refractivity contribution < 1.29 is 9.47 Å². The summed E-state index contributed by atoms with van der Waals surface area (Å²) in [4.78, 5) is 4.14. The minimum atomic E-state index is 0.328. The van der Waals surface area contributed by atoms with Gasteiger partial charge in [-0.25, -0.2) is 0 Å². The Bertz CT molecular complexity index is 817. The largest absolute Gasteiger partial charge is 0.454 e. The molecule has 0 saturated heterocycles. The quantitative estimate of drug-likeness (QED) is 0.655. The standard InChI is InChI=1S/C13H15N.C10H10O2/c1-3-7-13(14-2)11-10-12-8-5-4-6-9-12;1-7(2)8-3-4-9-10(5-8)12-6-11-9/h3-11H,1-2H3;3-5H,1,6H2,2H3/b7-3-,11-10+,14-13?;. The van der Waals surface area contributed by atoms with E-state index in [1.807, 2.05) is 68.5 Å². The van der Waals surface area contributed by atoms with Crippen LogP contribution >= 0.6 is 0 Å². The van der Waals surface area contributed by atoms with Crippen LogP contribution in [0.4, 0.5) is 0 Å². The van der Waals surface area contributed by atoms with Gasteiger partial charge in [-0.15, -0.1) is 0 Å². The zero-order chi connectivity index (χ0) is 18.8. The SMILES string of the molecule is C/C=C\C(/C=C/c1ccccc1)=NC.C=C(C)c1ccc2c(c1)OCO2. The Hall–Kier alpha value is -3.07. The first kappa shape index (κ1) is 19.3. The molecular weight excluding hydrogens is 322 g/mol. The van der Waals surface area contributed by atoms with E-state index in [4.69, 9.17) is 9.47 Å². The number of hydrogen-bond donors (Lipinski definition) is 0. The number of allylic oxidation sites excluding steroid dienone is 4. The topological polar surface area (TPSA) is 30.8 Å². The average Bonchev–Trinajstić information content (AvgIpc) is 3.14. The highest BCUT2D eigenvalue weighted by atomic mass is 16.7. The van der Waals surface area contributed by atoms with Crippen molar-refractivity contribution in [1.82, 2.24) is 0 Å². The first-order valence-corrected chi connectivity index (χ1v) is 8.52. The maximum atomic E-state index is 5.23. The summed E-state index contributed by atoms with van der Waals surface area (Å²) in [5.41, 5.74) is 4.31. The van der Waals surface area contributed by atoms with Crippen molar-refractivity contribution in [2.45, 2.75) is 13.8 Å². The van der Waals surface area contributed by atoms with Gasteiger partial charge in [0, 0.05) is 7.05 Å². The number of rotatable bonds is 4. The van der Waals surface area contributed by atoms with E-state index in [2.05, 4.69) is 29.8 Å². The Kier molecular flexibility index (Phi) is 7.44. The van der Waals surface area contributed by atoms with E-state index in [1.165, 1.54) is 5.56 Å². The highest BCUT2D eigenvalue weighted by Gasteiger charge is 2.12. The third-order valence-corrected chi connectivity index (χ3v) is 3.71. The molecule has 0 unspecified atom stereocenters. The lowest BCUT2D eigenvalue weighted by molar-refractivity contribution is 0.174. The van der Waals surface area contributed by atoms with E-state index in [0.29, 0.717) is 6.79 Å². The summed E-state index contributed by atoms with van der Waals surface area (Å²) in [6, 6.07) is 16.0. The number of aliphatic imine (C=N–C) groups is 1. The number of fused-ring (bicyclic) bond motifs is 1. The summed E-state index contributed by atoms with van der Waals surface area (Å²) in [5, 5.41) is 0. The number of ether oxygens (including phenoxy) is 2. The van der Waals surface area contributed by atoms with Gasteiger partial charge < -0.3 is 9.47 Å². The van der Waals surface area contributed by atoms with Crippen LogP contribution in [0, 0.1) is 0 Å². The van der Waals surface area contributed by atoms with E-state index in [9.17, 15) is 0 Å². The molecule has 3 nitrogen and oxygen atoms in total. The van der Waals surface area contributed by atoms with Gasteiger partial charge in [-0.3, -0.25) is 4.99 Å². The molecule has 0 radical (unpaired) electrons. The predicted octanol–water partition coefficient (Wildman–Crippen LogP) is 5.80. The Morgan fingerprint density at radius 3 is 2.42 bits per heavy atom. The second-order valence-electron chi connectivity index (χ2n) is 5.74. The second-order valence-corrected chi connectivity index (χ2v) is 5.74. The number of hydrogen-bond acceptors (Lipinski definition) is 3. The van der Waals surface area contributed by atoms with E-state index >= 15 is 0 Å². The van der Waals surface area contributed by atoms with Gasteiger partial charge in [0.2, 0.25) is 6.79 Å². The van der Waals surface area contributed by atoms with E-state index < -0.39 is 0 Å². The van der Waals surface area contributed by atoms with Crippen LogP contribution in [0.15, 0.2) is 78.3 Å². The summed E-state index contributed by atoms with van der Waals surface area (Å²) in [6.07, 6.45) is 8.04. The molecule has 1 heterocycles. The molecule has 0 saturated carbocycles. The Balaban J connectivity index is 0.000000189. The van der Waals surface area contributed by atoms with Gasteiger partial charge in [-0.05, 0) is 49.3 Å². The zero-order valence-corrected chi connectivity index (χ0v) is 15.6. The molecule has 0 amide bonds. The molecule has 2 aromatic carbocycles. The van der Waals surface area contributed by atoms with Crippen LogP contribution in [0.5, 0.6) is 11.5 Å². The molecule has 26 heavy (non-hydrogen) atoms. The van der Waals surface area contributed by atoms with Gasteiger partial charge in [0.15, 0.2) is 11.5 Å². The Morgan fingerprint density at radius 1 is 1.04 bits per heavy atom. The summed E-state index contributed by atoms with van der Waals surface area (Å²) < 4.78 is 10.4. The summed E-state index contributed by atoms with van der Waals surface area (Å²) in [7, 11) is 1.80. The van der Waals surface area contributed by atoms with Gasteiger partial charge >= 0.3 is 0 Å². The van der Waals surface area contributed by atoms with Crippen molar-refractivity contribution in [3.05, 3.63) is 84.5 Å². The molecule has 134 valence electrons. The third kappa shape index (κ3) is 5.78. The fraction of sp³-hybridized carbons (Fsp3) is 0.174. The summed E-state index contributed by atoms with van der Waals surface area (Å²) >= 11 is 0. The molecule has 2 aromatic rings. The molecule has 0 bridgehead atoms. The molecule has 0 fully saturated rings. The molecule has 1 aliphatic rings. The molecule has 1 aliphatic heterocycles. The Labute approximate surface area is 156 Å². The van der Waals surface area contributed by atoms with Crippen molar-refractivity contribution in [3.63, 3.8) is 0 Å². The molecule has 3 rings (SSSR count). The summed E-state index contributed by atoms with van der Waals surface area (Å²) in [6.45, 7) is 8.14. The minimum Gasteiger partial charge on any atom is -0.454 e. The first-order valence-electron chi connectivity index (χ1n) is 8.52. The van der Waals surface area contributed by atoms with Crippen LogP contribution in [0.1, 0.15) is 25.0 Å². The van der Waals surface area contributed by atoms with Crippen LogP contribution in [-0.2, 0) is 0 Å². The number of benzene rings is 2. The lowest BCUT2D eigenvalue weighted by atomic mass is 10.1. The van der Waals surface area contributed by atoms with Crippen molar-refractivity contribution in [2.24, 2.45) is 4.99 Å². The average molecular weight is 347 g/mol. The van der Waals surface area contributed by atoms with E-state index in [-0.39, 0.29) is 0 Å². The first-order chi connectivity index (χ1) is 12.6. The molecule has 0 aromatic heterocycles. The maximum absolute atomic E-state index is 5.23. The molecule has 0 atom stereocenters. The predicted molar refractivity (Wildman–Crippen MR) is 111 cm³/mol. The lowest BCUT2D eigenvalue weighted by Gasteiger charge is -2.00. The van der Waals surface area contributed by atoms with Gasteiger partial charge in [-0.2, -0.15) is 0 Å². The van der Waals surface area contributed by atoms with Gasteiger partial charge in [0.25, 0.3) is 0 Å². The van der Waals surface area contributed by atoms with Crippen molar-refractivity contribution in [2.75, 3.05) is 13.8 Å². The highest BCUT2D eigenvalue weighted by Crippen LogP contribution is 2.33. The van der Waals surface area contributed by atoms with Crippen LogP contribution < -0.4 is 9.47 Å². The van der Waals surface area contributed by atoms with Crippen LogP contribution in [-0.4, -0.2) is 19.6 Å². The Morgan fingerprint density at radius 2 is 1.77 bits per heavy atom. The second kappa shape index (κ2) is 10.0. The molecule has 0 spiro atoms. The molecule has 0 aliphatic carbocycles. The van der Waals surface area contributed by atoms with Gasteiger partial charge in [0.05, 0.1) is 5.71 Å². The van der Waals surface area contributed by atoms with Crippen molar-refractivity contribution >= 4 is 17.4 Å². The van der Waals surface area contributed by atoms with Crippen molar-refractivity contribution in [3.8, 4) is 11.5 Å². The molecule has 0 N–H and O–H groups in total. The normalized spacial score (nSPS) is 13.0. The fourth-order valence-electron chi connectivity index (χ4n) is 2.28. The molecular formula is C23H25NO2. The highest BCUT2D eigenvalue weighted by molar-refractivity contribution is 6.06. The van der Waals surface area contributed by atoms with Gasteiger partial charge in [0.1, 0.15) is 0 Å². The number of nitrogens with zero attached hydrogens (tertiary/aromatic N) is 1. The fourth-order valence-corrected chi connectivity index (χ4v) is 2.28. The monoisotopic (exact) mass is 347 g/mol.